The van der Waals surface area contributed by atoms with Crippen LogP contribution in [0.25, 0.3) is 0 Å². The normalized spacial score (nSPS) is 15.0. The molecule has 0 aromatic rings. The maximum absolute atomic E-state index is 12.9. The molecule has 0 radical (unpaired) electrons. The van der Waals surface area contributed by atoms with Crippen molar-refractivity contribution in [1.82, 2.24) is 10.6 Å². The molecule has 0 spiro atoms. The molecule has 0 saturated heterocycles. The highest BCUT2D eigenvalue weighted by molar-refractivity contribution is 7.98. The highest BCUT2D eigenvalue weighted by Crippen LogP contribution is 2.31. The fraction of sp³-hybridized carbons (Fsp3) is 0.850. The summed E-state index contributed by atoms with van der Waals surface area (Å²) in [5, 5.41) is 23.7. The van der Waals surface area contributed by atoms with Gasteiger partial charge in [0.15, 0.2) is 0 Å². The number of carboxylic acids is 1. The predicted molar refractivity (Wildman–Crippen MR) is 113 cm³/mol. The van der Waals surface area contributed by atoms with E-state index in [4.69, 9.17) is 5.11 Å². The lowest BCUT2D eigenvalue weighted by Gasteiger charge is -2.29. The minimum absolute atomic E-state index is 0.109. The number of hydrogen-bond acceptors (Lipinski definition) is 5. The smallest absolute Gasteiger partial charge is 0.327 e. The molecule has 0 bridgehead atoms. The fourth-order valence-electron chi connectivity index (χ4n) is 3.20. The van der Waals surface area contributed by atoms with Gasteiger partial charge in [0, 0.05) is 24.1 Å². The largest absolute Gasteiger partial charge is 0.480 e. The van der Waals surface area contributed by atoms with Crippen LogP contribution in [0, 0.1) is 23.2 Å². The van der Waals surface area contributed by atoms with Crippen molar-refractivity contribution >= 4 is 29.5 Å². The number of nitrogens with one attached hydrogen (secondary N) is 2. The summed E-state index contributed by atoms with van der Waals surface area (Å²) in [5.41, 5.74) is -0.109. The summed E-state index contributed by atoms with van der Waals surface area (Å²) < 4.78 is 0. The molecule has 8 heteroatoms. The molecule has 0 fully saturated rings. The van der Waals surface area contributed by atoms with Gasteiger partial charge in [-0.15, -0.1) is 0 Å². The van der Waals surface area contributed by atoms with Crippen LogP contribution in [0.4, 0.5) is 0 Å². The van der Waals surface area contributed by atoms with E-state index < -0.39 is 17.9 Å². The number of aliphatic hydroxyl groups excluding tert-OH is 1. The molecule has 7 nitrogen and oxygen atoms in total. The van der Waals surface area contributed by atoms with Crippen molar-refractivity contribution in [3.8, 4) is 0 Å². The summed E-state index contributed by atoms with van der Waals surface area (Å²) in [7, 11) is 0. The van der Waals surface area contributed by atoms with E-state index in [9.17, 15) is 19.5 Å². The topological polar surface area (TPSA) is 116 Å². The van der Waals surface area contributed by atoms with Gasteiger partial charge in [-0.1, -0.05) is 34.6 Å². The van der Waals surface area contributed by atoms with Crippen LogP contribution in [0.3, 0.4) is 0 Å². The van der Waals surface area contributed by atoms with E-state index in [2.05, 4.69) is 10.6 Å². The average molecular weight is 419 g/mol. The Hall–Kier alpha value is -1.28. The molecular formula is C20H38N2O5S. The average Bonchev–Trinajstić information content (AvgIpc) is 2.56. The Morgan fingerprint density at radius 2 is 1.64 bits per heavy atom. The number of aliphatic hydroxyl groups is 1. The zero-order valence-corrected chi connectivity index (χ0v) is 18.9. The Balaban J connectivity index is 5.41. The van der Waals surface area contributed by atoms with Gasteiger partial charge in [0.1, 0.15) is 6.04 Å². The third-order valence-corrected chi connectivity index (χ3v) is 4.95. The third-order valence-electron chi connectivity index (χ3n) is 4.28. The van der Waals surface area contributed by atoms with Crippen LogP contribution in [0.5, 0.6) is 0 Å². The summed E-state index contributed by atoms with van der Waals surface area (Å²) in [4.78, 5) is 36.8. The van der Waals surface area contributed by atoms with Crippen molar-refractivity contribution in [2.45, 2.75) is 59.9 Å². The molecule has 3 atom stereocenters. The van der Waals surface area contributed by atoms with Gasteiger partial charge in [-0.3, -0.25) is 9.59 Å². The lowest BCUT2D eigenvalue weighted by atomic mass is 9.78. The van der Waals surface area contributed by atoms with Crippen LogP contribution in [0.2, 0.25) is 0 Å². The standard InChI is InChI=1S/C20H38N2O5S/c1-13(2)9-14(18(25)22-16(12-28-6)19(26)27)10-15(11-20(3,4)5)17(24)21-7-8-23/h13-16,23H,7-12H2,1-6H3,(H,21,24)(H,22,25)(H,26,27). The van der Waals surface area contributed by atoms with Crippen molar-refractivity contribution in [2.24, 2.45) is 23.2 Å². The summed E-state index contributed by atoms with van der Waals surface area (Å²) in [6, 6.07) is -0.943. The highest BCUT2D eigenvalue weighted by atomic mass is 32.2. The molecule has 0 aliphatic carbocycles. The molecule has 0 aromatic heterocycles. The van der Waals surface area contributed by atoms with Crippen LogP contribution in [-0.4, -0.2) is 59.2 Å². The van der Waals surface area contributed by atoms with Crippen LogP contribution in [0.15, 0.2) is 0 Å². The number of carboxylic acid groups (broad SMARTS) is 1. The summed E-state index contributed by atoms with van der Waals surface area (Å²) >= 11 is 1.36. The second-order valence-electron chi connectivity index (χ2n) is 8.89. The molecule has 0 aliphatic heterocycles. The predicted octanol–water partition coefficient (Wildman–Crippen LogP) is 2.13. The highest BCUT2D eigenvalue weighted by Gasteiger charge is 2.32. The first-order valence-corrected chi connectivity index (χ1v) is 11.2. The summed E-state index contributed by atoms with van der Waals surface area (Å²) in [5.74, 6) is -1.86. The SMILES string of the molecule is CSCC(NC(=O)C(CC(C)C)CC(CC(C)(C)C)C(=O)NCCO)C(=O)O. The van der Waals surface area contributed by atoms with Crippen molar-refractivity contribution in [3.63, 3.8) is 0 Å². The molecule has 2 amide bonds. The van der Waals surface area contributed by atoms with Crippen LogP contribution in [-0.2, 0) is 14.4 Å². The Kier molecular flexibility index (Phi) is 12.4. The van der Waals surface area contributed by atoms with Crippen molar-refractivity contribution < 1.29 is 24.6 Å². The monoisotopic (exact) mass is 418 g/mol. The number of carbonyl (C=O) groups excluding carboxylic acids is 2. The molecule has 0 aliphatic rings. The van der Waals surface area contributed by atoms with Crippen molar-refractivity contribution in [3.05, 3.63) is 0 Å². The van der Waals surface area contributed by atoms with E-state index in [-0.39, 0.29) is 48.0 Å². The first-order chi connectivity index (χ1) is 12.9. The maximum Gasteiger partial charge on any atom is 0.327 e. The third kappa shape index (κ3) is 11.5. The Morgan fingerprint density at radius 3 is 2.07 bits per heavy atom. The zero-order chi connectivity index (χ0) is 21.9. The number of thioether (sulfide) groups is 1. The second kappa shape index (κ2) is 13.0. The molecular weight excluding hydrogens is 380 g/mol. The van der Waals surface area contributed by atoms with Gasteiger partial charge in [0.2, 0.25) is 11.8 Å². The Morgan fingerprint density at radius 1 is 1.04 bits per heavy atom. The van der Waals surface area contributed by atoms with E-state index in [0.29, 0.717) is 19.3 Å². The van der Waals surface area contributed by atoms with Crippen molar-refractivity contribution in [2.75, 3.05) is 25.2 Å². The van der Waals surface area contributed by atoms with Crippen LogP contribution in [0.1, 0.15) is 53.9 Å². The van der Waals surface area contributed by atoms with Gasteiger partial charge in [0.05, 0.1) is 6.61 Å². The Labute approximate surface area is 173 Å². The molecule has 0 saturated carbocycles. The molecule has 3 unspecified atom stereocenters. The van der Waals surface area contributed by atoms with E-state index >= 15 is 0 Å². The summed E-state index contributed by atoms with van der Waals surface area (Å²) in [6.07, 6.45) is 3.31. The zero-order valence-electron chi connectivity index (χ0n) is 18.1. The Bertz CT molecular complexity index is 505. The molecule has 0 heterocycles. The van der Waals surface area contributed by atoms with E-state index in [1.807, 2.05) is 34.6 Å². The van der Waals surface area contributed by atoms with Gasteiger partial charge in [-0.25, -0.2) is 4.79 Å². The first kappa shape index (κ1) is 26.7. The minimum Gasteiger partial charge on any atom is -0.480 e. The summed E-state index contributed by atoms with van der Waals surface area (Å²) in [6.45, 7) is 10.2. The van der Waals surface area contributed by atoms with E-state index in [0.717, 1.165) is 0 Å². The van der Waals surface area contributed by atoms with Gasteiger partial charge in [-0.2, -0.15) is 11.8 Å². The van der Waals surface area contributed by atoms with Crippen molar-refractivity contribution in [1.29, 1.82) is 0 Å². The second-order valence-corrected chi connectivity index (χ2v) is 9.80. The fourth-order valence-corrected chi connectivity index (χ4v) is 3.76. The van der Waals surface area contributed by atoms with Gasteiger partial charge >= 0.3 is 5.97 Å². The number of amides is 2. The van der Waals surface area contributed by atoms with E-state index in [1.165, 1.54) is 11.8 Å². The number of rotatable bonds is 13. The molecule has 164 valence electrons. The minimum atomic E-state index is -1.06. The van der Waals surface area contributed by atoms with E-state index in [1.54, 1.807) is 6.26 Å². The molecule has 28 heavy (non-hydrogen) atoms. The lowest BCUT2D eigenvalue weighted by Crippen LogP contribution is -2.46. The van der Waals surface area contributed by atoms with Crippen LogP contribution < -0.4 is 10.6 Å². The van der Waals surface area contributed by atoms with Gasteiger partial charge in [-0.05, 0) is 36.9 Å². The molecule has 0 aromatic carbocycles. The molecule has 4 N–H and O–H groups in total. The number of aliphatic carboxylic acids is 1. The number of hydrogen-bond donors (Lipinski definition) is 4. The van der Waals surface area contributed by atoms with Crippen LogP contribution >= 0.6 is 11.8 Å². The van der Waals surface area contributed by atoms with Gasteiger partial charge in [0.25, 0.3) is 0 Å². The first-order valence-electron chi connectivity index (χ1n) is 9.82. The quantitative estimate of drug-likeness (QED) is 0.364. The molecule has 0 rings (SSSR count). The lowest BCUT2D eigenvalue weighted by molar-refractivity contribution is -0.142. The van der Waals surface area contributed by atoms with Gasteiger partial charge < -0.3 is 20.8 Å². The maximum atomic E-state index is 12.9. The number of carbonyl (C=O) groups is 3.